The van der Waals surface area contributed by atoms with Crippen molar-refractivity contribution in [3.63, 3.8) is 0 Å². The first-order valence-electron chi connectivity index (χ1n) is 9.61. The molecule has 0 aromatic carbocycles. The van der Waals surface area contributed by atoms with Crippen molar-refractivity contribution in [1.29, 1.82) is 0 Å². The molecule has 148 valence electrons. The number of carbonyl (C=O) groups excluding carboxylic acids is 3. The van der Waals surface area contributed by atoms with Gasteiger partial charge in [-0.3, -0.25) is 9.59 Å². The van der Waals surface area contributed by atoms with Crippen LogP contribution in [0.3, 0.4) is 0 Å². The summed E-state index contributed by atoms with van der Waals surface area (Å²) < 4.78 is 0. The van der Waals surface area contributed by atoms with E-state index in [1.807, 2.05) is 9.80 Å². The van der Waals surface area contributed by atoms with Crippen LogP contribution in [0.25, 0.3) is 0 Å². The van der Waals surface area contributed by atoms with E-state index in [4.69, 9.17) is 0 Å². The molecule has 1 aromatic rings. The van der Waals surface area contributed by atoms with Gasteiger partial charge in [-0.05, 0) is 25.7 Å². The van der Waals surface area contributed by atoms with E-state index in [-0.39, 0.29) is 23.9 Å². The van der Waals surface area contributed by atoms with Crippen LogP contribution in [0.1, 0.15) is 38.3 Å². The van der Waals surface area contributed by atoms with Crippen LogP contribution in [-0.2, 0) is 16.0 Å². The third-order valence-corrected chi connectivity index (χ3v) is 5.16. The van der Waals surface area contributed by atoms with E-state index in [9.17, 15) is 14.4 Å². The summed E-state index contributed by atoms with van der Waals surface area (Å²) >= 11 is 0. The van der Waals surface area contributed by atoms with Crippen molar-refractivity contribution < 1.29 is 14.4 Å². The minimum absolute atomic E-state index is 0.0122. The van der Waals surface area contributed by atoms with Crippen LogP contribution in [0.4, 0.5) is 4.79 Å². The number of piperidine rings is 1. The Hall–Kier alpha value is -2.58. The predicted molar refractivity (Wildman–Crippen MR) is 98.8 cm³/mol. The molecule has 9 nitrogen and oxygen atoms in total. The fourth-order valence-corrected chi connectivity index (χ4v) is 3.70. The number of aromatic amines is 1. The normalized spacial score (nSPS) is 19.0. The van der Waals surface area contributed by atoms with Gasteiger partial charge in [0.2, 0.25) is 11.8 Å². The molecule has 0 unspecified atom stereocenters. The lowest BCUT2D eigenvalue weighted by molar-refractivity contribution is -0.128. The van der Waals surface area contributed by atoms with Crippen molar-refractivity contribution in [3.8, 4) is 0 Å². The van der Waals surface area contributed by atoms with Crippen LogP contribution >= 0.6 is 0 Å². The number of nitrogens with zero attached hydrogens (tertiary/aromatic N) is 3. The molecule has 2 aliphatic heterocycles. The molecule has 2 saturated heterocycles. The average Bonchev–Trinajstić information content (AvgIpc) is 3.35. The minimum Gasteiger partial charge on any atom is -0.351 e. The molecule has 3 heterocycles. The van der Waals surface area contributed by atoms with Crippen molar-refractivity contribution in [1.82, 2.24) is 30.4 Å². The molecule has 0 saturated carbocycles. The lowest BCUT2D eigenvalue weighted by Gasteiger charge is -2.35. The first kappa shape index (κ1) is 19.2. The molecule has 3 N–H and O–H groups in total. The number of likely N-dealkylation sites (tertiary alicyclic amines) is 2. The molecule has 0 aliphatic carbocycles. The smallest absolute Gasteiger partial charge is 0.319 e. The number of urea groups is 1. The Bertz CT molecular complexity index is 648. The van der Waals surface area contributed by atoms with Crippen molar-refractivity contribution in [2.45, 2.75) is 51.1 Å². The van der Waals surface area contributed by atoms with Gasteiger partial charge in [0.15, 0.2) is 0 Å². The number of carbonyl (C=O) groups is 3. The molecule has 9 heteroatoms. The SMILES string of the molecule is CC(=O)N[C@@H](Cc1cnc[nH]1)C(=O)NC1CCN(C(=O)N2CCCC2)CC1. The zero-order valence-electron chi connectivity index (χ0n) is 15.7. The Balaban J connectivity index is 1.49. The Morgan fingerprint density at radius 1 is 1.19 bits per heavy atom. The van der Waals surface area contributed by atoms with Gasteiger partial charge in [-0.2, -0.15) is 0 Å². The van der Waals surface area contributed by atoms with Gasteiger partial charge in [-0.25, -0.2) is 9.78 Å². The van der Waals surface area contributed by atoms with E-state index in [0.717, 1.165) is 44.5 Å². The summed E-state index contributed by atoms with van der Waals surface area (Å²) in [6.07, 6.45) is 7.16. The monoisotopic (exact) mass is 376 g/mol. The first-order valence-corrected chi connectivity index (χ1v) is 9.61. The second-order valence-electron chi connectivity index (χ2n) is 7.28. The highest BCUT2D eigenvalue weighted by atomic mass is 16.2. The van der Waals surface area contributed by atoms with Crippen LogP contribution in [0.5, 0.6) is 0 Å². The van der Waals surface area contributed by atoms with E-state index in [1.54, 1.807) is 12.5 Å². The highest BCUT2D eigenvalue weighted by molar-refractivity contribution is 5.87. The van der Waals surface area contributed by atoms with E-state index in [2.05, 4.69) is 20.6 Å². The van der Waals surface area contributed by atoms with Crippen molar-refractivity contribution >= 4 is 17.8 Å². The standard InChI is InChI=1S/C18H28N6O3/c1-13(25)21-16(10-15-11-19-12-20-15)17(26)22-14-4-8-24(9-5-14)18(27)23-6-2-3-7-23/h11-12,14,16H,2-10H2,1H3,(H,19,20)(H,21,25)(H,22,26)/t16-/m0/s1. The maximum atomic E-state index is 12.6. The fourth-order valence-electron chi connectivity index (χ4n) is 3.70. The Morgan fingerprint density at radius 2 is 1.85 bits per heavy atom. The third-order valence-electron chi connectivity index (χ3n) is 5.16. The topological polar surface area (TPSA) is 110 Å². The molecular formula is C18H28N6O3. The number of imidazole rings is 1. The molecule has 2 aliphatic rings. The second-order valence-corrected chi connectivity index (χ2v) is 7.28. The summed E-state index contributed by atoms with van der Waals surface area (Å²) in [6, 6.07) is -0.516. The number of rotatable bonds is 5. The molecule has 2 fully saturated rings. The average molecular weight is 376 g/mol. The maximum absolute atomic E-state index is 12.6. The fraction of sp³-hybridized carbons (Fsp3) is 0.667. The first-order chi connectivity index (χ1) is 13.0. The summed E-state index contributed by atoms with van der Waals surface area (Å²) in [5.74, 6) is -0.454. The van der Waals surface area contributed by atoms with Gasteiger partial charge in [0.1, 0.15) is 6.04 Å². The Kier molecular flexibility index (Phi) is 6.31. The molecule has 0 radical (unpaired) electrons. The number of H-pyrrole nitrogens is 1. The number of hydrogen-bond acceptors (Lipinski definition) is 4. The highest BCUT2D eigenvalue weighted by Crippen LogP contribution is 2.16. The van der Waals surface area contributed by atoms with Gasteiger partial charge in [0.05, 0.1) is 6.33 Å². The number of amides is 4. The lowest BCUT2D eigenvalue weighted by Crippen LogP contribution is -2.54. The summed E-state index contributed by atoms with van der Waals surface area (Å²) in [7, 11) is 0. The minimum atomic E-state index is -0.646. The molecular weight excluding hydrogens is 348 g/mol. The maximum Gasteiger partial charge on any atom is 0.319 e. The van der Waals surface area contributed by atoms with E-state index >= 15 is 0 Å². The van der Waals surface area contributed by atoms with Crippen LogP contribution in [0.2, 0.25) is 0 Å². The zero-order chi connectivity index (χ0) is 19.2. The van der Waals surface area contributed by atoms with Gasteiger partial charge in [0.25, 0.3) is 0 Å². The number of aromatic nitrogens is 2. The molecule has 0 spiro atoms. The van der Waals surface area contributed by atoms with Gasteiger partial charge < -0.3 is 25.4 Å². The largest absolute Gasteiger partial charge is 0.351 e. The van der Waals surface area contributed by atoms with Gasteiger partial charge in [0, 0.05) is 57.5 Å². The lowest BCUT2D eigenvalue weighted by atomic mass is 10.0. The van der Waals surface area contributed by atoms with Crippen molar-refractivity contribution in [3.05, 3.63) is 18.2 Å². The predicted octanol–water partition coefficient (Wildman–Crippen LogP) is 0.253. The van der Waals surface area contributed by atoms with E-state index in [1.165, 1.54) is 6.92 Å². The summed E-state index contributed by atoms with van der Waals surface area (Å²) in [6.45, 7) is 4.38. The molecule has 3 rings (SSSR count). The quantitative estimate of drug-likeness (QED) is 0.684. The Morgan fingerprint density at radius 3 is 2.44 bits per heavy atom. The molecule has 4 amide bonds. The molecule has 1 aromatic heterocycles. The molecule has 27 heavy (non-hydrogen) atoms. The van der Waals surface area contributed by atoms with E-state index < -0.39 is 6.04 Å². The zero-order valence-corrected chi connectivity index (χ0v) is 15.7. The van der Waals surface area contributed by atoms with Gasteiger partial charge in [-0.1, -0.05) is 0 Å². The summed E-state index contributed by atoms with van der Waals surface area (Å²) in [5.41, 5.74) is 0.787. The van der Waals surface area contributed by atoms with Crippen LogP contribution in [-0.4, -0.2) is 75.9 Å². The summed E-state index contributed by atoms with van der Waals surface area (Å²) in [4.78, 5) is 47.2. The van der Waals surface area contributed by atoms with Gasteiger partial charge in [-0.15, -0.1) is 0 Å². The van der Waals surface area contributed by atoms with Crippen LogP contribution < -0.4 is 10.6 Å². The number of hydrogen-bond donors (Lipinski definition) is 3. The third kappa shape index (κ3) is 5.21. The van der Waals surface area contributed by atoms with Crippen molar-refractivity contribution in [2.24, 2.45) is 0 Å². The Labute approximate surface area is 158 Å². The number of nitrogens with one attached hydrogen (secondary N) is 3. The van der Waals surface area contributed by atoms with Gasteiger partial charge >= 0.3 is 6.03 Å². The van der Waals surface area contributed by atoms with Crippen molar-refractivity contribution in [2.75, 3.05) is 26.2 Å². The van der Waals surface area contributed by atoms with E-state index in [0.29, 0.717) is 19.5 Å². The molecule has 1 atom stereocenters. The van der Waals surface area contributed by atoms with Crippen LogP contribution in [0.15, 0.2) is 12.5 Å². The van der Waals surface area contributed by atoms with Crippen LogP contribution in [0, 0.1) is 0 Å². The highest BCUT2D eigenvalue weighted by Gasteiger charge is 2.29. The summed E-state index contributed by atoms with van der Waals surface area (Å²) in [5, 5.41) is 5.73. The second kappa shape index (κ2) is 8.88. The molecule has 0 bridgehead atoms.